The van der Waals surface area contributed by atoms with Gasteiger partial charge in [-0.25, -0.2) is 0 Å². The number of hydrogen-bond acceptors (Lipinski definition) is 3. The molecule has 5 nitrogen and oxygen atoms in total. The Labute approximate surface area is 143 Å². The maximum Gasteiger partial charge on any atom is 0.259 e. The molecule has 2 amide bonds. The topological polar surface area (TPSA) is 67.4 Å². The van der Waals surface area contributed by atoms with Crippen molar-refractivity contribution in [2.45, 2.75) is 6.92 Å². The van der Waals surface area contributed by atoms with Crippen LogP contribution in [0.1, 0.15) is 27.6 Å². The van der Waals surface area contributed by atoms with Crippen LogP contribution in [0, 0.1) is 0 Å². The zero-order valence-electron chi connectivity index (χ0n) is 12.9. The van der Waals surface area contributed by atoms with Gasteiger partial charge in [0.05, 0.1) is 12.2 Å². The van der Waals surface area contributed by atoms with Gasteiger partial charge in [-0.2, -0.15) is 0 Å². The van der Waals surface area contributed by atoms with E-state index in [1.807, 2.05) is 13.0 Å². The Balaban J connectivity index is 2.25. The van der Waals surface area contributed by atoms with Gasteiger partial charge >= 0.3 is 0 Å². The lowest BCUT2D eigenvalue weighted by Gasteiger charge is -2.11. The molecule has 0 saturated carbocycles. The minimum atomic E-state index is -0.302. The van der Waals surface area contributed by atoms with Crippen LogP contribution in [-0.2, 0) is 0 Å². The molecule has 0 spiro atoms. The molecular weight excluding hydrogens is 360 g/mol. The SMILES string of the molecule is CCOc1ccc(Br)cc1C(=O)Nc1cccc(C(=O)NC)c1. The van der Waals surface area contributed by atoms with Crippen LogP contribution in [0.5, 0.6) is 5.75 Å². The predicted octanol–water partition coefficient (Wildman–Crippen LogP) is 3.46. The van der Waals surface area contributed by atoms with Crippen LogP contribution >= 0.6 is 15.9 Å². The molecule has 0 aliphatic rings. The minimum absolute atomic E-state index is 0.210. The van der Waals surface area contributed by atoms with E-state index in [0.717, 1.165) is 4.47 Å². The number of ether oxygens (including phenoxy) is 1. The summed E-state index contributed by atoms with van der Waals surface area (Å²) < 4.78 is 6.27. The fourth-order valence-corrected chi connectivity index (χ4v) is 2.40. The number of rotatable bonds is 5. The summed E-state index contributed by atoms with van der Waals surface area (Å²) in [4.78, 5) is 24.2. The summed E-state index contributed by atoms with van der Waals surface area (Å²) in [6.07, 6.45) is 0. The Morgan fingerprint density at radius 2 is 1.91 bits per heavy atom. The van der Waals surface area contributed by atoms with E-state index < -0.39 is 0 Å². The maximum absolute atomic E-state index is 12.5. The van der Waals surface area contributed by atoms with E-state index in [4.69, 9.17) is 4.74 Å². The summed E-state index contributed by atoms with van der Waals surface area (Å²) in [6, 6.07) is 12.0. The zero-order valence-corrected chi connectivity index (χ0v) is 14.4. The minimum Gasteiger partial charge on any atom is -0.493 e. The number of carbonyl (C=O) groups is 2. The Morgan fingerprint density at radius 3 is 2.61 bits per heavy atom. The normalized spacial score (nSPS) is 10.0. The third-order valence-corrected chi connectivity index (χ3v) is 3.59. The molecule has 0 radical (unpaired) electrons. The van der Waals surface area contributed by atoms with Crippen molar-refractivity contribution in [1.29, 1.82) is 0 Å². The van der Waals surface area contributed by atoms with Gasteiger partial charge in [0, 0.05) is 22.8 Å². The second-order valence-corrected chi connectivity index (χ2v) is 5.60. The number of anilines is 1. The number of halogens is 1. The molecule has 23 heavy (non-hydrogen) atoms. The number of nitrogens with one attached hydrogen (secondary N) is 2. The predicted molar refractivity (Wildman–Crippen MR) is 93.1 cm³/mol. The molecule has 0 aromatic heterocycles. The van der Waals surface area contributed by atoms with E-state index in [-0.39, 0.29) is 11.8 Å². The van der Waals surface area contributed by atoms with Crippen molar-refractivity contribution in [1.82, 2.24) is 5.32 Å². The van der Waals surface area contributed by atoms with Gasteiger partial charge in [-0.05, 0) is 43.3 Å². The second kappa shape index (κ2) is 7.78. The molecule has 2 N–H and O–H groups in total. The molecule has 2 aromatic rings. The Hall–Kier alpha value is -2.34. The summed E-state index contributed by atoms with van der Waals surface area (Å²) >= 11 is 3.35. The number of carbonyl (C=O) groups excluding carboxylic acids is 2. The second-order valence-electron chi connectivity index (χ2n) is 4.69. The lowest BCUT2D eigenvalue weighted by atomic mass is 10.1. The highest BCUT2D eigenvalue weighted by Crippen LogP contribution is 2.24. The molecule has 2 rings (SSSR count). The lowest BCUT2D eigenvalue weighted by molar-refractivity contribution is 0.0961. The molecule has 0 unspecified atom stereocenters. The molecule has 0 heterocycles. The van der Waals surface area contributed by atoms with Crippen LogP contribution in [0.3, 0.4) is 0 Å². The van der Waals surface area contributed by atoms with E-state index in [9.17, 15) is 9.59 Å². The fraction of sp³-hybridized carbons (Fsp3) is 0.176. The van der Waals surface area contributed by atoms with Crippen LogP contribution in [0.2, 0.25) is 0 Å². The van der Waals surface area contributed by atoms with Crippen LogP contribution < -0.4 is 15.4 Å². The van der Waals surface area contributed by atoms with E-state index in [2.05, 4.69) is 26.6 Å². The highest BCUT2D eigenvalue weighted by Gasteiger charge is 2.14. The van der Waals surface area contributed by atoms with Crippen LogP contribution in [0.25, 0.3) is 0 Å². The Bertz CT molecular complexity index is 732. The molecule has 2 aromatic carbocycles. The molecule has 0 saturated heterocycles. The molecule has 0 aliphatic heterocycles. The van der Waals surface area contributed by atoms with Crippen molar-refractivity contribution in [3.63, 3.8) is 0 Å². The van der Waals surface area contributed by atoms with Gasteiger partial charge in [0.15, 0.2) is 0 Å². The van der Waals surface area contributed by atoms with Crippen molar-refractivity contribution in [3.05, 3.63) is 58.1 Å². The van der Waals surface area contributed by atoms with Gasteiger partial charge in [-0.1, -0.05) is 22.0 Å². The molecule has 0 fully saturated rings. The lowest BCUT2D eigenvalue weighted by Crippen LogP contribution is -2.18. The molecule has 6 heteroatoms. The molecule has 0 bridgehead atoms. The van der Waals surface area contributed by atoms with Crippen LogP contribution in [0.4, 0.5) is 5.69 Å². The number of amides is 2. The first kappa shape index (κ1) is 17.0. The van der Waals surface area contributed by atoms with E-state index >= 15 is 0 Å². The summed E-state index contributed by atoms with van der Waals surface area (Å²) in [5.74, 6) is -0.00183. The highest BCUT2D eigenvalue weighted by atomic mass is 79.9. The molecular formula is C17H17BrN2O3. The van der Waals surface area contributed by atoms with Crippen molar-refractivity contribution < 1.29 is 14.3 Å². The van der Waals surface area contributed by atoms with Gasteiger partial charge in [0.25, 0.3) is 11.8 Å². The third-order valence-electron chi connectivity index (χ3n) is 3.10. The summed E-state index contributed by atoms with van der Waals surface area (Å²) in [7, 11) is 1.56. The largest absolute Gasteiger partial charge is 0.493 e. The third kappa shape index (κ3) is 4.32. The number of hydrogen-bond donors (Lipinski definition) is 2. The summed E-state index contributed by atoms with van der Waals surface area (Å²) in [5.41, 5.74) is 1.44. The first-order valence-corrected chi connectivity index (χ1v) is 7.90. The van der Waals surface area contributed by atoms with Gasteiger partial charge in [-0.15, -0.1) is 0 Å². The van der Waals surface area contributed by atoms with Crippen molar-refractivity contribution in [2.24, 2.45) is 0 Å². The Morgan fingerprint density at radius 1 is 1.13 bits per heavy atom. The van der Waals surface area contributed by atoms with Crippen molar-refractivity contribution in [2.75, 3.05) is 19.0 Å². The number of benzene rings is 2. The standard InChI is InChI=1S/C17H17BrN2O3/c1-3-23-15-8-7-12(18)10-14(15)17(22)20-13-6-4-5-11(9-13)16(21)19-2/h4-10H,3H2,1-2H3,(H,19,21)(H,20,22). The summed E-state index contributed by atoms with van der Waals surface area (Å²) in [6.45, 7) is 2.32. The smallest absolute Gasteiger partial charge is 0.259 e. The van der Waals surface area contributed by atoms with Gasteiger partial charge in [0.1, 0.15) is 5.75 Å². The van der Waals surface area contributed by atoms with E-state index in [1.165, 1.54) is 0 Å². The van der Waals surface area contributed by atoms with Gasteiger partial charge in [-0.3, -0.25) is 9.59 Å². The van der Waals surface area contributed by atoms with Gasteiger partial charge < -0.3 is 15.4 Å². The van der Waals surface area contributed by atoms with E-state index in [1.54, 1.807) is 43.4 Å². The quantitative estimate of drug-likeness (QED) is 0.839. The fourth-order valence-electron chi connectivity index (χ4n) is 2.04. The average Bonchev–Trinajstić information content (AvgIpc) is 2.56. The zero-order chi connectivity index (χ0) is 16.8. The van der Waals surface area contributed by atoms with Crippen molar-refractivity contribution in [3.8, 4) is 5.75 Å². The molecule has 0 atom stereocenters. The monoisotopic (exact) mass is 376 g/mol. The summed E-state index contributed by atoms with van der Waals surface area (Å²) in [5, 5.41) is 5.33. The average molecular weight is 377 g/mol. The van der Waals surface area contributed by atoms with Crippen LogP contribution in [-0.4, -0.2) is 25.5 Å². The van der Waals surface area contributed by atoms with E-state index in [0.29, 0.717) is 29.2 Å². The first-order chi connectivity index (χ1) is 11.0. The Kier molecular flexibility index (Phi) is 5.76. The van der Waals surface area contributed by atoms with Crippen LogP contribution in [0.15, 0.2) is 46.9 Å². The highest BCUT2D eigenvalue weighted by molar-refractivity contribution is 9.10. The first-order valence-electron chi connectivity index (χ1n) is 7.11. The maximum atomic E-state index is 12.5. The van der Waals surface area contributed by atoms with Crippen molar-refractivity contribution >= 4 is 33.4 Å². The molecule has 0 aliphatic carbocycles. The van der Waals surface area contributed by atoms with Gasteiger partial charge in [0.2, 0.25) is 0 Å². The molecule has 120 valence electrons.